The maximum atomic E-state index is 12.2. The highest BCUT2D eigenvalue weighted by molar-refractivity contribution is 7.98. The average molecular weight is 363 g/mol. The number of rotatable bonds is 7. The molecule has 2 heterocycles. The summed E-state index contributed by atoms with van der Waals surface area (Å²) in [6.45, 7) is 0.461. The minimum Gasteiger partial charge on any atom is -0.352 e. The normalized spacial score (nSPS) is 10.5. The highest BCUT2D eigenvalue weighted by atomic mass is 32.2. The van der Waals surface area contributed by atoms with Crippen LogP contribution in [-0.4, -0.2) is 22.1 Å². The summed E-state index contributed by atoms with van der Waals surface area (Å²) in [5, 5.41) is 3.00. The predicted molar refractivity (Wildman–Crippen MR) is 106 cm³/mol. The molecule has 0 aliphatic rings. The lowest BCUT2D eigenvalue weighted by molar-refractivity contribution is -0.121. The summed E-state index contributed by atoms with van der Waals surface area (Å²) in [5.41, 5.74) is 3.97. The van der Waals surface area contributed by atoms with Crippen LogP contribution in [0.4, 0.5) is 0 Å². The lowest BCUT2D eigenvalue weighted by Crippen LogP contribution is -2.23. The minimum absolute atomic E-state index is 0.0416. The van der Waals surface area contributed by atoms with E-state index in [9.17, 15) is 4.79 Å². The van der Waals surface area contributed by atoms with Gasteiger partial charge in [-0.15, -0.1) is 11.8 Å². The van der Waals surface area contributed by atoms with Gasteiger partial charge < -0.3 is 5.32 Å². The highest BCUT2D eigenvalue weighted by Crippen LogP contribution is 2.20. The molecule has 5 heteroatoms. The van der Waals surface area contributed by atoms with E-state index < -0.39 is 0 Å². The molecule has 3 aromatic rings. The number of nitrogens with one attached hydrogen (secondary N) is 1. The van der Waals surface area contributed by atoms with Crippen molar-refractivity contribution in [1.29, 1.82) is 0 Å². The molecular weight excluding hydrogens is 342 g/mol. The van der Waals surface area contributed by atoms with Crippen molar-refractivity contribution >= 4 is 17.7 Å². The molecule has 0 unspecified atom stereocenters. The first-order valence-corrected chi connectivity index (χ1v) is 9.72. The third kappa shape index (κ3) is 4.92. The highest BCUT2D eigenvalue weighted by Gasteiger charge is 2.08. The number of hydrogen-bond acceptors (Lipinski definition) is 4. The van der Waals surface area contributed by atoms with Crippen molar-refractivity contribution < 1.29 is 4.79 Å². The third-order valence-corrected chi connectivity index (χ3v) is 4.85. The number of thioether (sulfide) groups is 1. The summed E-state index contributed by atoms with van der Waals surface area (Å²) in [5.74, 6) is 0.0416. The summed E-state index contributed by atoms with van der Waals surface area (Å²) in [4.78, 5) is 22.0. The predicted octanol–water partition coefficient (Wildman–Crippen LogP) is 4.11. The van der Waals surface area contributed by atoms with E-state index in [-0.39, 0.29) is 5.91 Å². The van der Waals surface area contributed by atoms with E-state index in [4.69, 9.17) is 0 Å². The number of aryl methyl sites for hydroxylation is 1. The van der Waals surface area contributed by atoms with Crippen molar-refractivity contribution in [3.05, 3.63) is 78.2 Å². The van der Waals surface area contributed by atoms with E-state index >= 15 is 0 Å². The standard InChI is InChI=1S/C21H21N3OS/c1-26-19-9-6-16(7-10-19)8-11-20(25)24-15-18-5-3-13-23-21(18)17-4-2-12-22-14-17/h2-7,9-10,12-14H,8,11,15H2,1H3,(H,24,25). The molecule has 132 valence electrons. The Kier molecular flexibility index (Phi) is 6.39. The Morgan fingerprint density at radius 1 is 1.08 bits per heavy atom. The van der Waals surface area contributed by atoms with E-state index in [1.165, 1.54) is 10.5 Å². The van der Waals surface area contributed by atoms with Crippen molar-refractivity contribution in [3.8, 4) is 11.3 Å². The Morgan fingerprint density at radius 3 is 2.62 bits per heavy atom. The Hall–Kier alpha value is -2.66. The first-order valence-electron chi connectivity index (χ1n) is 8.50. The van der Waals surface area contributed by atoms with Gasteiger partial charge in [0.2, 0.25) is 5.91 Å². The zero-order valence-electron chi connectivity index (χ0n) is 14.7. The minimum atomic E-state index is 0.0416. The molecule has 1 amide bonds. The molecule has 0 fully saturated rings. The number of aromatic nitrogens is 2. The average Bonchev–Trinajstić information content (AvgIpc) is 2.72. The fraction of sp³-hybridized carbons (Fsp3) is 0.190. The van der Waals surface area contributed by atoms with Crippen LogP contribution in [0.1, 0.15) is 17.5 Å². The molecule has 1 N–H and O–H groups in total. The summed E-state index contributed by atoms with van der Waals surface area (Å²) in [7, 11) is 0. The molecule has 2 aromatic heterocycles. The second-order valence-electron chi connectivity index (χ2n) is 5.88. The van der Waals surface area contributed by atoms with Crippen molar-refractivity contribution in [2.24, 2.45) is 0 Å². The molecule has 0 aliphatic heterocycles. The maximum Gasteiger partial charge on any atom is 0.220 e. The van der Waals surface area contributed by atoms with Gasteiger partial charge in [-0.05, 0) is 54.1 Å². The SMILES string of the molecule is CSc1ccc(CCC(=O)NCc2cccnc2-c2cccnc2)cc1. The fourth-order valence-electron chi connectivity index (χ4n) is 2.68. The maximum absolute atomic E-state index is 12.2. The van der Waals surface area contributed by atoms with E-state index in [0.29, 0.717) is 13.0 Å². The van der Waals surface area contributed by atoms with Crippen LogP contribution >= 0.6 is 11.8 Å². The largest absolute Gasteiger partial charge is 0.352 e. The molecule has 0 saturated carbocycles. The molecule has 0 aliphatic carbocycles. The second-order valence-corrected chi connectivity index (χ2v) is 6.76. The molecule has 0 spiro atoms. The van der Waals surface area contributed by atoms with Gasteiger partial charge in [0.05, 0.1) is 5.69 Å². The molecule has 0 radical (unpaired) electrons. The zero-order valence-corrected chi connectivity index (χ0v) is 15.5. The number of carbonyl (C=O) groups excluding carboxylic acids is 1. The Labute approximate surface area is 158 Å². The van der Waals surface area contributed by atoms with Gasteiger partial charge in [0.1, 0.15) is 0 Å². The van der Waals surface area contributed by atoms with E-state index in [1.807, 2.05) is 24.3 Å². The summed E-state index contributed by atoms with van der Waals surface area (Å²) in [6.07, 6.45) is 8.54. The number of nitrogens with zero attached hydrogens (tertiary/aromatic N) is 2. The van der Waals surface area contributed by atoms with Gasteiger partial charge >= 0.3 is 0 Å². The van der Waals surface area contributed by atoms with Gasteiger partial charge in [0.15, 0.2) is 0 Å². The van der Waals surface area contributed by atoms with Gasteiger partial charge in [-0.2, -0.15) is 0 Å². The third-order valence-electron chi connectivity index (χ3n) is 4.10. The Bertz CT molecular complexity index is 851. The molecule has 26 heavy (non-hydrogen) atoms. The lowest BCUT2D eigenvalue weighted by Gasteiger charge is -2.10. The van der Waals surface area contributed by atoms with Crippen LogP contribution in [0.15, 0.2) is 72.0 Å². The van der Waals surface area contributed by atoms with Crippen LogP contribution in [0.3, 0.4) is 0 Å². The van der Waals surface area contributed by atoms with Crippen molar-refractivity contribution in [3.63, 3.8) is 0 Å². The van der Waals surface area contributed by atoms with Crippen molar-refractivity contribution in [1.82, 2.24) is 15.3 Å². The number of carbonyl (C=O) groups is 1. The molecule has 3 rings (SSSR count). The van der Waals surface area contributed by atoms with Gasteiger partial charge in [-0.3, -0.25) is 14.8 Å². The first-order chi connectivity index (χ1) is 12.8. The number of amides is 1. The quantitative estimate of drug-likeness (QED) is 0.642. The van der Waals surface area contributed by atoms with Crippen LogP contribution in [0.2, 0.25) is 0 Å². The van der Waals surface area contributed by atoms with Crippen LogP contribution < -0.4 is 5.32 Å². The van der Waals surface area contributed by atoms with E-state index in [1.54, 1.807) is 30.4 Å². The lowest BCUT2D eigenvalue weighted by atomic mass is 10.1. The Balaban J connectivity index is 1.56. The van der Waals surface area contributed by atoms with Crippen molar-refractivity contribution in [2.75, 3.05) is 6.26 Å². The van der Waals surface area contributed by atoms with Crippen LogP contribution in [0.25, 0.3) is 11.3 Å². The van der Waals surface area contributed by atoms with E-state index in [2.05, 4.69) is 45.8 Å². The summed E-state index contributed by atoms with van der Waals surface area (Å²) in [6, 6.07) is 16.1. The monoisotopic (exact) mass is 363 g/mol. The number of pyridine rings is 2. The van der Waals surface area contributed by atoms with Crippen LogP contribution in [0, 0.1) is 0 Å². The van der Waals surface area contributed by atoms with Gasteiger partial charge in [-0.25, -0.2) is 0 Å². The van der Waals surface area contributed by atoms with Crippen molar-refractivity contribution in [2.45, 2.75) is 24.3 Å². The smallest absolute Gasteiger partial charge is 0.220 e. The molecule has 0 saturated heterocycles. The molecule has 1 aromatic carbocycles. The Morgan fingerprint density at radius 2 is 1.88 bits per heavy atom. The number of benzene rings is 1. The van der Waals surface area contributed by atoms with Gasteiger partial charge in [-0.1, -0.05) is 18.2 Å². The first kappa shape index (κ1) is 18.1. The van der Waals surface area contributed by atoms with Crippen LogP contribution in [-0.2, 0) is 17.8 Å². The molecule has 0 atom stereocenters. The summed E-state index contributed by atoms with van der Waals surface area (Å²) >= 11 is 1.72. The molecular formula is C21H21N3OS. The topological polar surface area (TPSA) is 54.9 Å². The molecule has 0 bridgehead atoms. The zero-order chi connectivity index (χ0) is 18.2. The van der Waals surface area contributed by atoms with Gasteiger partial charge in [0.25, 0.3) is 0 Å². The van der Waals surface area contributed by atoms with Crippen LogP contribution in [0.5, 0.6) is 0 Å². The molecule has 4 nitrogen and oxygen atoms in total. The number of hydrogen-bond donors (Lipinski definition) is 1. The van der Waals surface area contributed by atoms with Gasteiger partial charge in [0, 0.05) is 42.0 Å². The summed E-state index contributed by atoms with van der Waals surface area (Å²) < 4.78 is 0. The fourth-order valence-corrected chi connectivity index (χ4v) is 3.08. The van der Waals surface area contributed by atoms with E-state index in [0.717, 1.165) is 23.2 Å². The second kappa shape index (κ2) is 9.15.